The van der Waals surface area contributed by atoms with Gasteiger partial charge >= 0.3 is 6.18 Å². The van der Waals surface area contributed by atoms with E-state index in [0.717, 1.165) is 31.0 Å². The van der Waals surface area contributed by atoms with E-state index in [1.165, 1.54) is 31.2 Å². The first-order chi connectivity index (χ1) is 22.4. The van der Waals surface area contributed by atoms with Gasteiger partial charge in [0.1, 0.15) is 46.1 Å². The molecule has 3 heterocycles. The van der Waals surface area contributed by atoms with Crippen molar-refractivity contribution in [3.05, 3.63) is 82.9 Å². The molecule has 2 amide bonds. The number of amides is 2. The Morgan fingerprint density at radius 3 is 2.33 bits per heavy atom. The van der Waals surface area contributed by atoms with Gasteiger partial charge in [-0.05, 0) is 82.1 Å². The van der Waals surface area contributed by atoms with Crippen LogP contribution in [0.2, 0.25) is 0 Å². The quantitative estimate of drug-likeness (QED) is 0.190. The second-order valence-electron chi connectivity index (χ2n) is 12.9. The Balaban J connectivity index is 1.39. The van der Waals surface area contributed by atoms with Gasteiger partial charge in [0, 0.05) is 22.1 Å². The summed E-state index contributed by atoms with van der Waals surface area (Å²) in [5.74, 6) is -2.29. The first-order valence-corrected chi connectivity index (χ1v) is 15.1. The maximum Gasteiger partial charge on any atom is 0.424 e. The number of carbonyl (C=O) groups is 2. The normalized spacial score (nSPS) is 18.9. The Bertz CT molecular complexity index is 1940. The number of aromatic nitrogens is 2. The van der Waals surface area contributed by atoms with Crippen LogP contribution in [0.15, 0.2) is 54.6 Å². The molecule has 1 fully saturated rings. The molecule has 252 valence electrons. The van der Waals surface area contributed by atoms with Gasteiger partial charge in [0.25, 0.3) is 5.91 Å². The molecule has 2 aromatic carbocycles. The minimum absolute atomic E-state index is 0.0408. The molecule has 14 heteroatoms. The van der Waals surface area contributed by atoms with Gasteiger partial charge in [0.2, 0.25) is 11.5 Å². The molecular formula is C34H32F4N4O6. The number of pyridine rings is 2. The van der Waals surface area contributed by atoms with Crippen molar-refractivity contribution >= 4 is 22.7 Å². The zero-order chi connectivity index (χ0) is 34.8. The summed E-state index contributed by atoms with van der Waals surface area (Å²) in [4.78, 5) is 34.5. The average molecular weight is 669 g/mol. The number of nitrogens with two attached hydrogens (primary N) is 1. The molecule has 1 aliphatic heterocycles. The van der Waals surface area contributed by atoms with Gasteiger partial charge in [-0.25, -0.2) is 14.4 Å². The molecule has 4 aromatic rings. The minimum Gasteiger partial charge on any atom is -0.489 e. The lowest BCUT2D eigenvalue weighted by Crippen LogP contribution is -2.51. The van der Waals surface area contributed by atoms with Crippen LogP contribution in [0, 0.1) is 5.82 Å². The second kappa shape index (κ2) is 11.4. The maximum absolute atomic E-state index is 14.8. The van der Waals surface area contributed by atoms with Gasteiger partial charge in [-0.2, -0.15) is 13.2 Å². The predicted molar refractivity (Wildman–Crippen MR) is 165 cm³/mol. The summed E-state index contributed by atoms with van der Waals surface area (Å²) < 4.78 is 69.9. The SMILES string of the molecule is CC(C)(O)c1ccc2cc(C(=O)NC[C@](O)(c3cc4c(c(-c5ccc(F)cc5)n3)OC[C@]4(C)C(N)=O)C(F)(F)F)cc(OC3CC3)c2n1. The standard InChI is InChI=1S/C34H32F4N4O6/c1-31(2,45)24-11-6-18-12-19(13-23(26(18)41-24)48-21-9-10-21)29(43)40-15-33(46,34(36,37)38)25-14-22-28(47-16-32(22,3)30(39)44)27(42-25)17-4-7-20(35)8-5-17/h4-8,11-14,21,45-46H,9-10,15-16H2,1-3H3,(H2,39,44)(H,40,43)/t32-,33-/m0/s1. The van der Waals surface area contributed by atoms with E-state index in [1.54, 1.807) is 26.0 Å². The number of carbonyl (C=O) groups excluding carboxylic acids is 2. The van der Waals surface area contributed by atoms with Crippen LogP contribution in [0.25, 0.3) is 22.2 Å². The van der Waals surface area contributed by atoms with Gasteiger partial charge in [0.15, 0.2) is 0 Å². The Morgan fingerprint density at radius 1 is 1.04 bits per heavy atom. The molecule has 6 rings (SSSR count). The van der Waals surface area contributed by atoms with Crippen LogP contribution in [-0.2, 0) is 21.4 Å². The van der Waals surface area contributed by atoms with Crippen LogP contribution >= 0.6 is 0 Å². The third-order valence-corrected chi connectivity index (χ3v) is 8.60. The third kappa shape index (κ3) is 5.90. The lowest BCUT2D eigenvalue weighted by atomic mass is 9.81. The second-order valence-corrected chi connectivity index (χ2v) is 12.9. The zero-order valence-electron chi connectivity index (χ0n) is 26.1. The molecule has 0 unspecified atom stereocenters. The molecule has 0 bridgehead atoms. The molecule has 2 atom stereocenters. The van der Waals surface area contributed by atoms with Crippen molar-refractivity contribution in [3.63, 3.8) is 0 Å². The van der Waals surface area contributed by atoms with E-state index >= 15 is 0 Å². The molecule has 1 saturated carbocycles. The number of primary amides is 1. The van der Waals surface area contributed by atoms with Crippen molar-refractivity contribution in [1.29, 1.82) is 0 Å². The van der Waals surface area contributed by atoms with E-state index in [4.69, 9.17) is 15.2 Å². The van der Waals surface area contributed by atoms with Gasteiger partial charge in [-0.15, -0.1) is 0 Å². The van der Waals surface area contributed by atoms with Crippen LogP contribution in [0.5, 0.6) is 11.5 Å². The van der Waals surface area contributed by atoms with E-state index < -0.39 is 52.7 Å². The number of nitrogens with one attached hydrogen (secondary N) is 1. The lowest BCUT2D eigenvalue weighted by molar-refractivity contribution is -0.265. The highest BCUT2D eigenvalue weighted by Gasteiger charge is 2.57. The first kappa shape index (κ1) is 33.1. The summed E-state index contributed by atoms with van der Waals surface area (Å²) in [7, 11) is 0. The van der Waals surface area contributed by atoms with E-state index in [-0.39, 0.29) is 46.6 Å². The van der Waals surface area contributed by atoms with Crippen molar-refractivity contribution < 1.29 is 46.8 Å². The Labute approximate surface area is 271 Å². The summed E-state index contributed by atoms with van der Waals surface area (Å²) >= 11 is 0. The lowest BCUT2D eigenvalue weighted by Gasteiger charge is -2.31. The first-order valence-electron chi connectivity index (χ1n) is 15.1. The van der Waals surface area contributed by atoms with Crippen molar-refractivity contribution in [2.45, 2.75) is 62.5 Å². The molecule has 0 spiro atoms. The minimum atomic E-state index is -5.38. The number of ether oxygens (including phenoxy) is 2. The maximum atomic E-state index is 14.8. The fourth-order valence-electron chi connectivity index (χ4n) is 5.38. The molecule has 5 N–H and O–H groups in total. The summed E-state index contributed by atoms with van der Waals surface area (Å²) in [6.45, 7) is 2.83. The highest BCUT2D eigenvalue weighted by atomic mass is 19.4. The zero-order valence-corrected chi connectivity index (χ0v) is 26.1. The number of halogens is 4. The number of alkyl halides is 3. The third-order valence-electron chi connectivity index (χ3n) is 8.60. The number of hydrogen-bond acceptors (Lipinski definition) is 8. The highest BCUT2D eigenvalue weighted by molar-refractivity contribution is 6.00. The number of benzene rings is 2. The predicted octanol–water partition coefficient (Wildman–Crippen LogP) is 4.52. The number of nitrogens with zero attached hydrogens (tertiary/aromatic N) is 2. The van der Waals surface area contributed by atoms with Gasteiger partial charge < -0.3 is 30.7 Å². The van der Waals surface area contributed by atoms with E-state index in [9.17, 15) is 37.4 Å². The highest BCUT2D eigenvalue weighted by Crippen LogP contribution is 2.48. The van der Waals surface area contributed by atoms with E-state index in [2.05, 4.69) is 15.3 Å². The Kier molecular flexibility index (Phi) is 7.87. The topological polar surface area (TPSA) is 157 Å². The molecular weight excluding hydrogens is 636 g/mol. The Hall–Kier alpha value is -4.82. The van der Waals surface area contributed by atoms with Crippen molar-refractivity contribution in [2.75, 3.05) is 13.2 Å². The van der Waals surface area contributed by atoms with Crippen LogP contribution in [0.4, 0.5) is 17.6 Å². The Morgan fingerprint density at radius 2 is 1.73 bits per heavy atom. The molecule has 48 heavy (non-hydrogen) atoms. The number of hydrogen-bond donors (Lipinski definition) is 4. The molecule has 1 aliphatic carbocycles. The fraction of sp³-hybridized carbons (Fsp3) is 0.353. The molecule has 2 aliphatic rings. The largest absolute Gasteiger partial charge is 0.489 e. The smallest absolute Gasteiger partial charge is 0.424 e. The fourth-order valence-corrected chi connectivity index (χ4v) is 5.38. The molecule has 0 radical (unpaired) electrons. The number of fused-ring (bicyclic) bond motifs is 2. The van der Waals surface area contributed by atoms with Crippen LogP contribution < -0.4 is 20.5 Å². The summed E-state index contributed by atoms with van der Waals surface area (Å²) in [5, 5.41) is 24.4. The van der Waals surface area contributed by atoms with Crippen molar-refractivity contribution in [1.82, 2.24) is 15.3 Å². The van der Waals surface area contributed by atoms with Crippen molar-refractivity contribution in [3.8, 4) is 22.8 Å². The summed E-state index contributed by atoms with van der Waals surface area (Å²) in [5.41, 5.74) is -1.38. The number of aliphatic hydroxyl groups is 2. The number of rotatable bonds is 9. The monoisotopic (exact) mass is 668 g/mol. The van der Waals surface area contributed by atoms with E-state index in [0.29, 0.717) is 16.6 Å². The molecule has 2 aromatic heterocycles. The van der Waals surface area contributed by atoms with Gasteiger partial charge in [-0.1, -0.05) is 6.07 Å². The van der Waals surface area contributed by atoms with Crippen LogP contribution in [-0.4, -0.2) is 57.4 Å². The molecule has 10 nitrogen and oxygen atoms in total. The summed E-state index contributed by atoms with van der Waals surface area (Å²) in [6, 6.07) is 11.5. The van der Waals surface area contributed by atoms with Crippen LogP contribution in [0.1, 0.15) is 60.9 Å². The van der Waals surface area contributed by atoms with Crippen molar-refractivity contribution in [2.24, 2.45) is 5.73 Å². The molecule has 0 saturated heterocycles. The van der Waals surface area contributed by atoms with Gasteiger partial charge in [-0.3, -0.25) is 9.59 Å². The van der Waals surface area contributed by atoms with E-state index in [1.807, 2.05) is 0 Å². The average Bonchev–Trinajstić information content (AvgIpc) is 3.78. The van der Waals surface area contributed by atoms with Gasteiger partial charge in [0.05, 0.1) is 24.0 Å². The van der Waals surface area contributed by atoms with Crippen LogP contribution in [0.3, 0.4) is 0 Å². The summed E-state index contributed by atoms with van der Waals surface area (Å²) in [6.07, 6.45) is -3.96.